The van der Waals surface area contributed by atoms with Crippen LogP contribution in [0.5, 0.6) is 0 Å². The monoisotopic (exact) mass is 228 g/mol. The fraction of sp³-hybridized carbons (Fsp3) is 0.917. The van der Waals surface area contributed by atoms with Crippen molar-refractivity contribution in [3.05, 3.63) is 0 Å². The molecule has 0 spiro atoms. The van der Waals surface area contributed by atoms with E-state index >= 15 is 0 Å². The van der Waals surface area contributed by atoms with Crippen LogP contribution < -0.4 is 5.32 Å². The third-order valence-electron chi connectivity index (χ3n) is 3.19. The minimum atomic E-state index is -0.0961. The minimum Gasteiger partial charge on any atom is -0.466 e. The molecule has 0 aromatic carbocycles. The summed E-state index contributed by atoms with van der Waals surface area (Å²) in [5, 5.41) is 3.46. The van der Waals surface area contributed by atoms with E-state index in [-0.39, 0.29) is 12.0 Å². The summed E-state index contributed by atoms with van der Waals surface area (Å²) in [5.41, 5.74) is 0. The average molecular weight is 228 g/mol. The summed E-state index contributed by atoms with van der Waals surface area (Å²) in [5.74, 6) is -0.0961. The van der Waals surface area contributed by atoms with E-state index in [4.69, 9.17) is 4.74 Å². The molecule has 1 aliphatic heterocycles. The molecule has 0 aliphatic carbocycles. The number of esters is 1. The molecule has 0 aromatic rings. The maximum Gasteiger partial charge on any atom is 0.307 e. The standard InChI is InChI=1S/C12H24N2O2/c1-4-16-12(15)8-10(2)14(3)9-11-6-5-7-13-11/h10-11,13H,4-9H2,1-3H3. The zero-order valence-electron chi connectivity index (χ0n) is 10.7. The van der Waals surface area contributed by atoms with E-state index in [2.05, 4.69) is 24.2 Å². The van der Waals surface area contributed by atoms with Crippen LogP contribution in [-0.2, 0) is 9.53 Å². The lowest BCUT2D eigenvalue weighted by Crippen LogP contribution is -2.40. The van der Waals surface area contributed by atoms with Gasteiger partial charge in [0.1, 0.15) is 0 Å². The first-order valence-corrected chi connectivity index (χ1v) is 6.22. The normalized spacial score (nSPS) is 22.4. The fourth-order valence-corrected chi connectivity index (χ4v) is 2.06. The Bertz CT molecular complexity index is 215. The van der Waals surface area contributed by atoms with Crippen LogP contribution >= 0.6 is 0 Å². The Morgan fingerprint density at radius 2 is 2.38 bits per heavy atom. The van der Waals surface area contributed by atoms with Gasteiger partial charge in [-0.3, -0.25) is 4.79 Å². The molecule has 4 heteroatoms. The summed E-state index contributed by atoms with van der Waals surface area (Å²) in [4.78, 5) is 13.6. The maximum absolute atomic E-state index is 11.3. The highest BCUT2D eigenvalue weighted by Gasteiger charge is 2.20. The van der Waals surface area contributed by atoms with Crippen molar-refractivity contribution < 1.29 is 9.53 Å². The molecule has 94 valence electrons. The summed E-state index contributed by atoms with van der Waals surface area (Å²) in [6.07, 6.45) is 3.00. The first kappa shape index (κ1) is 13.5. The van der Waals surface area contributed by atoms with Gasteiger partial charge < -0.3 is 15.0 Å². The van der Waals surface area contributed by atoms with Crippen molar-refractivity contribution in [1.29, 1.82) is 0 Å². The number of rotatable bonds is 6. The molecule has 0 radical (unpaired) electrons. The van der Waals surface area contributed by atoms with E-state index in [1.807, 2.05) is 6.92 Å². The van der Waals surface area contributed by atoms with Gasteiger partial charge in [0, 0.05) is 18.6 Å². The van der Waals surface area contributed by atoms with E-state index in [0.717, 1.165) is 13.1 Å². The molecule has 2 unspecified atom stereocenters. The number of likely N-dealkylation sites (N-methyl/N-ethyl adjacent to an activating group) is 1. The fourth-order valence-electron chi connectivity index (χ4n) is 2.06. The van der Waals surface area contributed by atoms with Gasteiger partial charge >= 0.3 is 5.97 Å². The summed E-state index contributed by atoms with van der Waals surface area (Å²) >= 11 is 0. The Morgan fingerprint density at radius 3 is 2.94 bits per heavy atom. The largest absolute Gasteiger partial charge is 0.466 e. The van der Waals surface area contributed by atoms with E-state index in [9.17, 15) is 4.79 Å². The summed E-state index contributed by atoms with van der Waals surface area (Å²) < 4.78 is 4.95. The van der Waals surface area contributed by atoms with Gasteiger partial charge in [-0.2, -0.15) is 0 Å². The Hall–Kier alpha value is -0.610. The molecule has 0 saturated carbocycles. The Labute approximate surface area is 98.3 Å². The van der Waals surface area contributed by atoms with E-state index in [1.54, 1.807) is 0 Å². The van der Waals surface area contributed by atoms with Crippen LogP contribution in [0.4, 0.5) is 0 Å². The van der Waals surface area contributed by atoms with Crippen LogP contribution in [0.3, 0.4) is 0 Å². The zero-order valence-corrected chi connectivity index (χ0v) is 10.7. The van der Waals surface area contributed by atoms with Crippen molar-refractivity contribution in [1.82, 2.24) is 10.2 Å². The zero-order chi connectivity index (χ0) is 12.0. The quantitative estimate of drug-likeness (QED) is 0.689. The first-order valence-electron chi connectivity index (χ1n) is 6.22. The second-order valence-electron chi connectivity index (χ2n) is 4.59. The van der Waals surface area contributed by atoms with Gasteiger partial charge in [-0.05, 0) is 40.3 Å². The van der Waals surface area contributed by atoms with E-state index in [1.165, 1.54) is 12.8 Å². The molecule has 0 bridgehead atoms. The molecule has 2 atom stereocenters. The highest BCUT2D eigenvalue weighted by atomic mass is 16.5. The molecule has 0 amide bonds. The van der Waals surface area contributed by atoms with Crippen LogP contribution in [0.2, 0.25) is 0 Å². The second-order valence-corrected chi connectivity index (χ2v) is 4.59. The summed E-state index contributed by atoms with van der Waals surface area (Å²) in [6, 6.07) is 0.844. The van der Waals surface area contributed by atoms with Crippen LogP contribution in [0.25, 0.3) is 0 Å². The van der Waals surface area contributed by atoms with Crippen LogP contribution in [0, 0.1) is 0 Å². The van der Waals surface area contributed by atoms with Crippen LogP contribution in [0.1, 0.15) is 33.1 Å². The first-order chi connectivity index (χ1) is 7.63. The number of nitrogens with zero attached hydrogens (tertiary/aromatic N) is 1. The third-order valence-corrected chi connectivity index (χ3v) is 3.19. The number of carbonyl (C=O) groups is 1. The molecule has 1 aliphatic rings. The van der Waals surface area contributed by atoms with Crippen LogP contribution in [0.15, 0.2) is 0 Å². The lowest BCUT2D eigenvalue weighted by molar-refractivity contribution is -0.144. The lowest BCUT2D eigenvalue weighted by atomic mass is 10.1. The number of hydrogen-bond donors (Lipinski definition) is 1. The lowest BCUT2D eigenvalue weighted by Gasteiger charge is -2.26. The van der Waals surface area contributed by atoms with Crippen LogP contribution in [-0.4, -0.2) is 49.7 Å². The smallest absolute Gasteiger partial charge is 0.307 e. The van der Waals surface area contributed by atoms with Gasteiger partial charge in [0.2, 0.25) is 0 Å². The van der Waals surface area contributed by atoms with E-state index < -0.39 is 0 Å². The summed E-state index contributed by atoms with van der Waals surface area (Å²) in [7, 11) is 2.07. The topological polar surface area (TPSA) is 41.6 Å². The molecule has 1 saturated heterocycles. The van der Waals surface area contributed by atoms with Gasteiger partial charge in [-0.15, -0.1) is 0 Å². The maximum atomic E-state index is 11.3. The average Bonchev–Trinajstić information content (AvgIpc) is 2.70. The molecule has 4 nitrogen and oxygen atoms in total. The molecular formula is C12H24N2O2. The number of carbonyl (C=O) groups excluding carboxylic acids is 1. The highest BCUT2D eigenvalue weighted by Crippen LogP contribution is 2.09. The second kappa shape index (κ2) is 6.86. The van der Waals surface area contributed by atoms with Crippen molar-refractivity contribution in [2.24, 2.45) is 0 Å². The molecular weight excluding hydrogens is 204 g/mol. The SMILES string of the molecule is CCOC(=O)CC(C)N(C)CC1CCCN1. The van der Waals surface area contributed by atoms with Crippen molar-refractivity contribution >= 4 is 5.97 Å². The predicted octanol–water partition coefficient (Wildman–Crippen LogP) is 1.01. The van der Waals surface area contributed by atoms with E-state index in [0.29, 0.717) is 19.1 Å². The Morgan fingerprint density at radius 1 is 1.62 bits per heavy atom. The molecule has 1 fully saturated rings. The van der Waals surface area contributed by atoms with Crippen molar-refractivity contribution in [3.63, 3.8) is 0 Å². The van der Waals surface area contributed by atoms with Crippen molar-refractivity contribution in [2.45, 2.75) is 45.2 Å². The van der Waals surface area contributed by atoms with Crippen molar-refractivity contribution in [3.8, 4) is 0 Å². The van der Waals surface area contributed by atoms with Gasteiger partial charge in [-0.1, -0.05) is 0 Å². The van der Waals surface area contributed by atoms with Gasteiger partial charge in [0.15, 0.2) is 0 Å². The minimum absolute atomic E-state index is 0.0961. The molecule has 1 N–H and O–H groups in total. The number of nitrogens with one attached hydrogen (secondary N) is 1. The number of ether oxygens (including phenoxy) is 1. The Balaban J connectivity index is 2.23. The molecule has 1 rings (SSSR count). The van der Waals surface area contributed by atoms with Crippen molar-refractivity contribution in [2.75, 3.05) is 26.7 Å². The van der Waals surface area contributed by atoms with Gasteiger partial charge in [0.25, 0.3) is 0 Å². The van der Waals surface area contributed by atoms with Gasteiger partial charge in [-0.25, -0.2) is 0 Å². The van der Waals surface area contributed by atoms with Gasteiger partial charge in [0.05, 0.1) is 13.0 Å². The number of hydrogen-bond acceptors (Lipinski definition) is 4. The third kappa shape index (κ3) is 4.49. The summed E-state index contributed by atoms with van der Waals surface area (Å²) in [6.45, 7) is 6.53. The molecule has 16 heavy (non-hydrogen) atoms. The molecule has 1 heterocycles. The molecule has 0 aromatic heterocycles. The highest BCUT2D eigenvalue weighted by molar-refractivity contribution is 5.69. The Kier molecular flexibility index (Phi) is 5.77. The predicted molar refractivity (Wildman–Crippen MR) is 64.4 cm³/mol.